The SMILES string of the molecule is Oc1ccc(CNCCN2CCN(c3cccc(Cl)c3Cl)CC2)cc1O. The number of halogens is 2. The second-order valence-corrected chi connectivity index (χ2v) is 7.19. The van der Waals surface area contributed by atoms with Gasteiger partial charge in [0, 0.05) is 45.8 Å². The van der Waals surface area contributed by atoms with Crippen LogP contribution in [0.5, 0.6) is 11.5 Å². The van der Waals surface area contributed by atoms with E-state index in [-0.39, 0.29) is 11.5 Å². The van der Waals surface area contributed by atoms with Crippen molar-refractivity contribution < 1.29 is 10.2 Å². The maximum atomic E-state index is 9.51. The first-order chi connectivity index (χ1) is 12.5. The summed E-state index contributed by atoms with van der Waals surface area (Å²) in [5, 5.41) is 23.4. The van der Waals surface area contributed by atoms with E-state index in [9.17, 15) is 10.2 Å². The number of nitrogens with zero attached hydrogens (tertiary/aromatic N) is 2. The normalized spacial score (nSPS) is 15.4. The van der Waals surface area contributed by atoms with Gasteiger partial charge in [-0.2, -0.15) is 0 Å². The van der Waals surface area contributed by atoms with Crippen LogP contribution in [0.4, 0.5) is 5.69 Å². The van der Waals surface area contributed by atoms with Gasteiger partial charge in [0.15, 0.2) is 11.5 Å². The number of benzene rings is 2. The van der Waals surface area contributed by atoms with Crippen molar-refractivity contribution in [1.29, 1.82) is 0 Å². The Balaban J connectivity index is 1.40. The van der Waals surface area contributed by atoms with Crippen LogP contribution in [0.2, 0.25) is 10.0 Å². The summed E-state index contributed by atoms with van der Waals surface area (Å²) in [6.07, 6.45) is 0. The number of hydrogen-bond acceptors (Lipinski definition) is 5. The molecule has 2 aromatic rings. The number of hydrogen-bond donors (Lipinski definition) is 3. The summed E-state index contributed by atoms with van der Waals surface area (Å²) in [5.74, 6) is -0.175. The number of phenols is 2. The lowest BCUT2D eigenvalue weighted by atomic mass is 10.2. The maximum Gasteiger partial charge on any atom is 0.157 e. The van der Waals surface area contributed by atoms with E-state index in [0.717, 1.165) is 50.5 Å². The molecule has 0 spiro atoms. The van der Waals surface area contributed by atoms with Crippen LogP contribution in [0.1, 0.15) is 5.56 Å². The van der Waals surface area contributed by atoms with Gasteiger partial charge in [-0.05, 0) is 29.8 Å². The Bertz CT molecular complexity index is 750. The highest BCUT2D eigenvalue weighted by molar-refractivity contribution is 6.43. The van der Waals surface area contributed by atoms with E-state index in [1.165, 1.54) is 6.07 Å². The number of rotatable bonds is 6. The fourth-order valence-electron chi connectivity index (χ4n) is 3.10. The quantitative estimate of drug-likeness (QED) is 0.517. The molecule has 3 rings (SSSR count). The molecule has 1 fully saturated rings. The van der Waals surface area contributed by atoms with Gasteiger partial charge >= 0.3 is 0 Å². The van der Waals surface area contributed by atoms with Crippen LogP contribution in [0.3, 0.4) is 0 Å². The molecule has 0 bridgehead atoms. The van der Waals surface area contributed by atoms with Crippen molar-refractivity contribution in [1.82, 2.24) is 10.2 Å². The van der Waals surface area contributed by atoms with E-state index in [2.05, 4.69) is 15.1 Å². The van der Waals surface area contributed by atoms with E-state index in [0.29, 0.717) is 16.6 Å². The monoisotopic (exact) mass is 395 g/mol. The van der Waals surface area contributed by atoms with Crippen molar-refractivity contribution in [3.8, 4) is 11.5 Å². The maximum absolute atomic E-state index is 9.51. The lowest BCUT2D eigenvalue weighted by Gasteiger charge is -2.36. The average Bonchev–Trinajstić information content (AvgIpc) is 2.64. The highest BCUT2D eigenvalue weighted by atomic mass is 35.5. The van der Waals surface area contributed by atoms with Crippen LogP contribution in [-0.2, 0) is 6.54 Å². The zero-order valence-electron chi connectivity index (χ0n) is 14.5. The second kappa shape index (κ2) is 8.82. The van der Waals surface area contributed by atoms with Gasteiger partial charge in [0.2, 0.25) is 0 Å². The van der Waals surface area contributed by atoms with E-state index < -0.39 is 0 Å². The Morgan fingerprint density at radius 1 is 0.962 bits per heavy atom. The number of nitrogens with one attached hydrogen (secondary N) is 1. The summed E-state index contributed by atoms with van der Waals surface area (Å²) < 4.78 is 0. The van der Waals surface area contributed by atoms with Crippen LogP contribution in [0.25, 0.3) is 0 Å². The van der Waals surface area contributed by atoms with E-state index in [4.69, 9.17) is 23.2 Å². The van der Waals surface area contributed by atoms with Crippen molar-refractivity contribution in [2.45, 2.75) is 6.54 Å². The molecule has 1 aliphatic rings. The molecule has 0 unspecified atom stereocenters. The predicted octanol–water partition coefficient (Wildman–Crippen LogP) is 3.32. The molecular weight excluding hydrogens is 373 g/mol. The average molecular weight is 396 g/mol. The fraction of sp³-hybridized carbons (Fsp3) is 0.368. The van der Waals surface area contributed by atoms with Crippen LogP contribution in [0, 0.1) is 0 Å². The summed E-state index contributed by atoms with van der Waals surface area (Å²) in [6.45, 7) is 6.28. The highest BCUT2D eigenvalue weighted by Crippen LogP contribution is 2.32. The number of anilines is 1. The van der Waals surface area contributed by atoms with Crippen LogP contribution in [0.15, 0.2) is 36.4 Å². The van der Waals surface area contributed by atoms with Gasteiger partial charge in [-0.25, -0.2) is 0 Å². The summed E-state index contributed by atoms with van der Waals surface area (Å²) in [5.41, 5.74) is 1.95. The van der Waals surface area contributed by atoms with Crippen molar-refractivity contribution in [2.24, 2.45) is 0 Å². The molecule has 0 amide bonds. The zero-order chi connectivity index (χ0) is 18.5. The van der Waals surface area contributed by atoms with Gasteiger partial charge < -0.3 is 20.4 Å². The third kappa shape index (κ3) is 4.74. The zero-order valence-corrected chi connectivity index (χ0v) is 16.0. The Labute approximate surface area is 163 Å². The van der Waals surface area contributed by atoms with E-state index in [1.807, 2.05) is 18.2 Å². The van der Waals surface area contributed by atoms with Crippen molar-refractivity contribution in [3.63, 3.8) is 0 Å². The highest BCUT2D eigenvalue weighted by Gasteiger charge is 2.19. The molecule has 1 heterocycles. The molecule has 0 saturated carbocycles. The number of aromatic hydroxyl groups is 2. The Morgan fingerprint density at radius 2 is 1.73 bits per heavy atom. The molecule has 7 heteroatoms. The Kier molecular flexibility index (Phi) is 6.48. The molecule has 140 valence electrons. The lowest BCUT2D eigenvalue weighted by Crippen LogP contribution is -2.48. The van der Waals surface area contributed by atoms with Crippen molar-refractivity contribution >= 4 is 28.9 Å². The third-order valence-corrected chi connectivity index (χ3v) is 5.43. The van der Waals surface area contributed by atoms with Gasteiger partial charge in [0.05, 0.1) is 15.7 Å². The first-order valence-corrected chi connectivity index (χ1v) is 9.43. The predicted molar refractivity (Wildman–Crippen MR) is 107 cm³/mol. The summed E-state index contributed by atoms with van der Waals surface area (Å²) in [7, 11) is 0. The van der Waals surface area contributed by atoms with Crippen molar-refractivity contribution in [3.05, 3.63) is 52.0 Å². The minimum absolute atomic E-state index is 0.0832. The number of piperazine rings is 1. The molecule has 0 radical (unpaired) electrons. The Morgan fingerprint density at radius 3 is 2.46 bits per heavy atom. The molecule has 26 heavy (non-hydrogen) atoms. The number of phenolic OH excluding ortho intramolecular Hbond substituents is 2. The molecular formula is C19H23Cl2N3O2. The van der Waals surface area contributed by atoms with Gasteiger partial charge in [0.1, 0.15) is 0 Å². The molecule has 0 atom stereocenters. The van der Waals surface area contributed by atoms with E-state index in [1.54, 1.807) is 12.1 Å². The fourth-order valence-corrected chi connectivity index (χ4v) is 3.51. The smallest absolute Gasteiger partial charge is 0.157 e. The minimum atomic E-state index is -0.0913. The van der Waals surface area contributed by atoms with Crippen molar-refractivity contribution in [2.75, 3.05) is 44.2 Å². The molecule has 1 aliphatic heterocycles. The van der Waals surface area contributed by atoms with Gasteiger partial charge in [-0.15, -0.1) is 0 Å². The molecule has 2 aromatic carbocycles. The second-order valence-electron chi connectivity index (χ2n) is 6.40. The molecule has 3 N–H and O–H groups in total. The summed E-state index contributed by atoms with van der Waals surface area (Å²) >= 11 is 12.4. The van der Waals surface area contributed by atoms with Gasteiger partial charge in [-0.3, -0.25) is 4.90 Å². The van der Waals surface area contributed by atoms with Gasteiger partial charge in [0.25, 0.3) is 0 Å². The van der Waals surface area contributed by atoms with Gasteiger partial charge in [-0.1, -0.05) is 35.3 Å². The lowest BCUT2D eigenvalue weighted by molar-refractivity contribution is 0.257. The minimum Gasteiger partial charge on any atom is -0.504 e. The summed E-state index contributed by atoms with van der Waals surface area (Å²) in [6, 6.07) is 10.6. The first-order valence-electron chi connectivity index (χ1n) is 8.67. The summed E-state index contributed by atoms with van der Waals surface area (Å²) in [4.78, 5) is 4.69. The van der Waals surface area contributed by atoms with Crippen LogP contribution in [-0.4, -0.2) is 54.4 Å². The molecule has 5 nitrogen and oxygen atoms in total. The molecule has 0 aromatic heterocycles. The molecule has 1 saturated heterocycles. The Hall–Kier alpha value is -1.66. The first kappa shape index (κ1) is 19.1. The van der Waals surface area contributed by atoms with Crippen LogP contribution >= 0.6 is 23.2 Å². The van der Waals surface area contributed by atoms with Crippen LogP contribution < -0.4 is 10.2 Å². The third-order valence-electron chi connectivity index (χ3n) is 4.62. The standard InChI is InChI=1S/C19H23Cl2N3O2/c20-15-2-1-3-16(19(15)21)24-10-8-23(9-11-24)7-6-22-13-14-4-5-17(25)18(26)12-14/h1-5,12,22,25-26H,6-11,13H2. The molecule has 0 aliphatic carbocycles. The largest absolute Gasteiger partial charge is 0.504 e. The topological polar surface area (TPSA) is 59.0 Å². The van der Waals surface area contributed by atoms with E-state index >= 15 is 0 Å².